The van der Waals surface area contributed by atoms with Gasteiger partial charge in [-0.2, -0.15) is 0 Å². The van der Waals surface area contributed by atoms with Crippen LogP contribution in [0, 0.1) is 13.8 Å². The number of nitrogens with one attached hydrogen (secondary N) is 2. The Balaban J connectivity index is 1.61. The number of anilines is 3. The molecular formula is C20H23N5O3S3. The van der Waals surface area contributed by atoms with Gasteiger partial charge in [0.05, 0.1) is 10.6 Å². The number of nitrogens with two attached hydrogens (primary N) is 1. The summed E-state index contributed by atoms with van der Waals surface area (Å²) in [5.41, 5.74) is 4.23. The quantitative estimate of drug-likeness (QED) is 0.421. The summed E-state index contributed by atoms with van der Waals surface area (Å²) >= 11 is 2.62. The normalized spacial score (nSPS) is 11.4. The van der Waals surface area contributed by atoms with Gasteiger partial charge < -0.3 is 10.6 Å². The summed E-state index contributed by atoms with van der Waals surface area (Å²) in [6, 6.07) is 10.7. The summed E-state index contributed by atoms with van der Waals surface area (Å²) in [6.45, 7) is 5.78. The predicted octanol–water partition coefficient (Wildman–Crippen LogP) is 3.84. The first-order chi connectivity index (χ1) is 14.7. The first-order valence-electron chi connectivity index (χ1n) is 9.42. The minimum absolute atomic E-state index is 0.0135. The van der Waals surface area contributed by atoms with Crippen molar-refractivity contribution in [2.45, 2.75) is 36.4 Å². The number of sulfonamides is 1. The van der Waals surface area contributed by atoms with E-state index in [9.17, 15) is 13.2 Å². The Labute approximate surface area is 189 Å². The average molecular weight is 478 g/mol. The van der Waals surface area contributed by atoms with Gasteiger partial charge >= 0.3 is 0 Å². The Morgan fingerprint density at radius 2 is 1.94 bits per heavy atom. The van der Waals surface area contributed by atoms with E-state index in [0.717, 1.165) is 17.7 Å². The smallest absolute Gasteiger partial charge is 0.238 e. The van der Waals surface area contributed by atoms with Crippen molar-refractivity contribution in [2.75, 3.05) is 16.4 Å². The van der Waals surface area contributed by atoms with Gasteiger partial charge in [-0.05, 0) is 49.1 Å². The minimum Gasteiger partial charge on any atom is -0.330 e. The molecule has 0 aliphatic heterocycles. The van der Waals surface area contributed by atoms with Crippen LogP contribution >= 0.6 is 23.1 Å². The van der Waals surface area contributed by atoms with E-state index < -0.39 is 10.0 Å². The van der Waals surface area contributed by atoms with Crippen molar-refractivity contribution in [3.63, 3.8) is 0 Å². The second-order valence-electron chi connectivity index (χ2n) is 6.82. The molecule has 1 amide bonds. The molecule has 0 atom stereocenters. The number of carbonyl (C=O) groups is 1. The van der Waals surface area contributed by atoms with E-state index in [1.807, 2.05) is 19.1 Å². The fourth-order valence-electron chi connectivity index (χ4n) is 2.94. The van der Waals surface area contributed by atoms with Crippen LogP contribution in [0.3, 0.4) is 0 Å². The molecule has 1 aromatic heterocycles. The molecule has 3 aromatic rings. The first kappa shape index (κ1) is 23.2. The van der Waals surface area contributed by atoms with Gasteiger partial charge in [0.1, 0.15) is 0 Å². The molecule has 0 fully saturated rings. The maximum absolute atomic E-state index is 12.3. The van der Waals surface area contributed by atoms with Crippen LogP contribution in [0.5, 0.6) is 0 Å². The highest BCUT2D eigenvalue weighted by Crippen LogP contribution is 2.30. The number of amides is 1. The number of thioether (sulfide) groups is 1. The number of hydrogen-bond acceptors (Lipinski definition) is 8. The van der Waals surface area contributed by atoms with E-state index in [0.29, 0.717) is 20.7 Å². The summed E-state index contributed by atoms with van der Waals surface area (Å²) in [6.07, 6.45) is 0.900. The summed E-state index contributed by atoms with van der Waals surface area (Å²) in [4.78, 5) is 12.3. The third-order valence-electron chi connectivity index (χ3n) is 4.48. The molecule has 4 N–H and O–H groups in total. The van der Waals surface area contributed by atoms with E-state index in [2.05, 4.69) is 33.8 Å². The van der Waals surface area contributed by atoms with Crippen molar-refractivity contribution in [1.82, 2.24) is 10.2 Å². The minimum atomic E-state index is -3.86. The fourth-order valence-corrected chi connectivity index (χ4v) is 5.30. The number of primary sulfonamides is 1. The van der Waals surface area contributed by atoms with Crippen LogP contribution in [0.25, 0.3) is 0 Å². The van der Waals surface area contributed by atoms with E-state index in [-0.39, 0.29) is 16.6 Å². The Hall–Kier alpha value is -2.47. The van der Waals surface area contributed by atoms with Crippen molar-refractivity contribution in [1.29, 1.82) is 0 Å². The molecule has 164 valence electrons. The number of rotatable bonds is 8. The lowest BCUT2D eigenvalue weighted by Crippen LogP contribution is -2.17. The van der Waals surface area contributed by atoms with Gasteiger partial charge in [0, 0.05) is 11.4 Å². The van der Waals surface area contributed by atoms with E-state index >= 15 is 0 Å². The third-order valence-corrected chi connectivity index (χ3v) is 7.51. The Morgan fingerprint density at radius 1 is 1.16 bits per heavy atom. The number of nitrogens with zero attached hydrogens (tertiary/aromatic N) is 2. The van der Waals surface area contributed by atoms with Gasteiger partial charge in [-0.25, -0.2) is 13.6 Å². The van der Waals surface area contributed by atoms with Crippen molar-refractivity contribution < 1.29 is 13.2 Å². The molecule has 3 rings (SSSR count). The Bertz CT molecular complexity index is 1210. The third kappa shape index (κ3) is 6.03. The van der Waals surface area contributed by atoms with Crippen LogP contribution in [0.1, 0.15) is 23.6 Å². The maximum atomic E-state index is 12.3. The lowest BCUT2D eigenvalue weighted by atomic mass is 10.1. The summed E-state index contributed by atoms with van der Waals surface area (Å²) in [5.74, 6) is -0.177. The zero-order valence-corrected chi connectivity index (χ0v) is 19.7. The van der Waals surface area contributed by atoms with Gasteiger partial charge in [0.25, 0.3) is 0 Å². The van der Waals surface area contributed by atoms with Gasteiger partial charge in [0.2, 0.25) is 21.1 Å². The highest BCUT2D eigenvalue weighted by molar-refractivity contribution is 8.01. The highest BCUT2D eigenvalue weighted by Gasteiger charge is 2.14. The molecule has 11 heteroatoms. The number of para-hydroxylation sites is 1. The summed E-state index contributed by atoms with van der Waals surface area (Å²) < 4.78 is 23.9. The van der Waals surface area contributed by atoms with Crippen molar-refractivity contribution in [3.8, 4) is 0 Å². The largest absolute Gasteiger partial charge is 0.330 e. The van der Waals surface area contributed by atoms with Crippen LogP contribution < -0.4 is 15.8 Å². The predicted molar refractivity (Wildman–Crippen MR) is 126 cm³/mol. The highest BCUT2D eigenvalue weighted by atomic mass is 32.2. The molecule has 0 unspecified atom stereocenters. The van der Waals surface area contributed by atoms with Crippen LogP contribution in [0.4, 0.5) is 16.5 Å². The molecule has 0 saturated heterocycles. The van der Waals surface area contributed by atoms with Gasteiger partial charge in [-0.3, -0.25) is 4.79 Å². The maximum Gasteiger partial charge on any atom is 0.238 e. The molecule has 1 heterocycles. The molecule has 0 spiro atoms. The topological polar surface area (TPSA) is 127 Å². The lowest BCUT2D eigenvalue weighted by Gasteiger charge is -2.11. The zero-order chi connectivity index (χ0) is 22.6. The lowest BCUT2D eigenvalue weighted by molar-refractivity contribution is -0.113. The Kier molecular flexibility index (Phi) is 7.31. The number of hydrogen-bond donors (Lipinski definition) is 3. The van der Waals surface area contributed by atoms with E-state index in [1.54, 1.807) is 19.1 Å². The molecule has 0 radical (unpaired) electrons. The molecule has 8 nitrogen and oxygen atoms in total. The standard InChI is InChI=1S/C20H23N5O3S3/c1-4-14-7-5-6-13(3)18(14)23-19-24-25-20(30-19)29-11-17(26)22-15-9-8-12(2)16(10-15)31(21,27)28/h5-10H,4,11H2,1-3H3,(H,22,26)(H,23,24)(H2,21,27,28). The van der Waals surface area contributed by atoms with Crippen LogP contribution in [-0.2, 0) is 21.2 Å². The Morgan fingerprint density at radius 3 is 2.65 bits per heavy atom. The summed E-state index contributed by atoms with van der Waals surface area (Å²) in [7, 11) is -3.86. The number of aromatic nitrogens is 2. The SMILES string of the molecule is CCc1cccc(C)c1Nc1nnc(SCC(=O)Nc2ccc(C)c(S(N)(=O)=O)c2)s1. The molecule has 0 aliphatic carbocycles. The fraction of sp³-hybridized carbons (Fsp3) is 0.250. The van der Waals surface area contributed by atoms with Crippen molar-refractivity contribution >= 4 is 55.5 Å². The monoisotopic (exact) mass is 477 g/mol. The van der Waals surface area contributed by atoms with Crippen LogP contribution in [-0.4, -0.2) is 30.3 Å². The molecule has 0 aliphatic rings. The van der Waals surface area contributed by atoms with Crippen molar-refractivity contribution in [3.05, 3.63) is 53.1 Å². The van der Waals surface area contributed by atoms with E-state index in [1.165, 1.54) is 34.7 Å². The zero-order valence-electron chi connectivity index (χ0n) is 17.3. The average Bonchev–Trinajstić information content (AvgIpc) is 3.16. The van der Waals surface area contributed by atoms with Crippen molar-refractivity contribution in [2.24, 2.45) is 5.14 Å². The van der Waals surface area contributed by atoms with Gasteiger partial charge in [0.15, 0.2) is 4.34 Å². The second kappa shape index (κ2) is 9.77. The molecule has 0 bridgehead atoms. The van der Waals surface area contributed by atoms with Crippen LogP contribution in [0.2, 0.25) is 0 Å². The van der Waals surface area contributed by atoms with Crippen LogP contribution in [0.15, 0.2) is 45.6 Å². The number of aryl methyl sites for hydroxylation is 3. The summed E-state index contributed by atoms with van der Waals surface area (Å²) in [5, 5.41) is 20.2. The first-order valence-corrected chi connectivity index (χ1v) is 12.8. The number of carbonyl (C=O) groups excluding carboxylic acids is 1. The van der Waals surface area contributed by atoms with Gasteiger partial charge in [-0.1, -0.05) is 54.3 Å². The van der Waals surface area contributed by atoms with E-state index in [4.69, 9.17) is 5.14 Å². The molecule has 31 heavy (non-hydrogen) atoms. The molecule has 0 saturated carbocycles. The van der Waals surface area contributed by atoms with Gasteiger partial charge in [-0.15, -0.1) is 10.2 Å². The molecular weight excluding hydrogens is 454 g/mol. The second-order valence-corrected chi connectivity index (χ2v) is 10.6. The molecule has 2 aromatic carbocycles. The number of benzene rings is 2.